The lowest BCUT2D eigenvalue weighted by atomic mass is 10.0. The van der Waals surface area contributed by atoms with Gasteiger partial charge >= 0.3 is 12.1 Å². The van der Waals surface area contributed by atoms with E-state index in [0.29, 0.717) is 0 Å². The van der Waals surface area contributed by atoms with E-state index in [4.69, 9.17) is 5.73 Å². The zero-order chi connectivity index (χ0) is 16.2. The maximum Gasteiger partial charge on any atom is 0.433 e. The molecule has 0 saturated carbocycles. The van der Waals surface area contributed by atoms with E-state index in [1.54, 1.807) is 0 Å². The predicted octanol–water partition coefficient (Wildman–Crippen LogP) is 2.60. The first-order valence-electron chi connectivity index (χ1n) is 5.94. The number of carbonyl (C=O) groups is 1. The summed E-state index contributed by atoms with van der Waals surface area (Å²) in [5.74, 6) is -0.913. The Hall–Kier alpha value is -1.77. The summed E-state index contributed by atoms with van der Waals surface area (Å²) in [4.78, 5) is 14.3. The number of hydrogen-bond donors (Lipinski definition) is 1. The molecule has 0 aliphatic carbocycles. The topological polar surface area (TPSA) is 65.2 Å². The monoisotopic (exact) mass is 312 g/mol. The molecule has 0 saturated heterocycles. The van der Waals surface area contributed by atoms with Crippen molar-refractivity contribution in [3.63, 3.8) is 0 Å². The van der Waals surface area contributed by atoms with Gasteiger partial charge in [-0.05, 0) is 24.1 Å². The number of rotatable bonds is 5. The maximum absolute atomic E-state index is 12.9. The third-order valence-electron chi connectivity index (χ3n) is 2.57. The second kappa shape index (κ2) is 6.79. The summed E-state index contributed by atoms with van der Waals surface area (Å²) in [5, 5.41) is 0. The molecule has 2 N–H and O–H groups in total. The summed E-state index contributed by atoms with van der Waals surface area (Å²) < 4.78 is 68.6. The molecule has 0 aromatic carbocycles. The number of halogens is 5. The Morgan fingerprint density at radius 3 is 2.48 bits per heavy atom. The van der Waals surface area contributed by atoms with E-state index in [1.807, 2.05) is 0 Å². The first-order chi connectivity index (χ1) is 9.70. The highest BCUT2D eigenvalue weighted by Gasteiger charge is 2.38. The number of nitrogens with two attached hydrogens (primary N) is 1. The Labute approximate surface area is 117 Å². The lowest BCUT2D eigenvalue weighted by molar-refractivity contribution is -0.144. The van der Waals surface area contributed by atoms with Crippen LogP contribution in [0.15, 0.2) is 6.07 Å². The molecule has 0 fully saturated rings. The van der Waals surface area contributed by atoms with Crippen LogP contribution in [0.2, 0.25) is 0 Å². The SMILES string of the molecule is CCOC(=O)Cc1c(CN)cc(C(F)F)nc1C(F)(F)F. The smallest absolute Gasteiger partial charge is 0.433 e. The van der Waals surface area contributed by atoms with Crippen molar-refractivity contribution >= 4 is 5.97 Å². The van der Waals surface area contributed by atoms with Gasteiger partial charge < -0.3 is 10.5 Å². The van der Waals surface area contributed by atoms with Gasteiger partial charge in [0, 0.05) is 6.54 Å². The molecule has 0 aliphatic heterocycles. The van der Waals surface area contributed by atoms with Crippen molar-refractivity contribution in [1.29, 1.82) is 0 Å². The second-order valence-electron chi connectivity index (χ2n) is 4.02. The molecule has 0 spiro atoms. The van der Waals surface area contributed by atoms with Crippen molar-refractivity contribution in [3.05, 3.63) is 28.6 Å². The molecule has 0 atom stereocenters. The fraction of sp³-hybridized carbons (Fsp3) is 0.500. The Balaban J connectivity index is 3.40. The molecule has 0 bridgehead atoms. The van der Waals surface area contributed by atoms with Crippen LogP contribution in [-0.2, 0) is 28.7 Å². The number of pyridine rings is 1. The largest absolute Gasteiger partial charge is 0.466 e. The highest BCUT2D eigenvalue weighted by Crippen LogP contribution is 2.34. The van der Waals surface area contributed by atoms with Crippen molar-refractivity contribution in [2.24, 2.45) is 5.73 Å². The van der Waals surface area contributed by atoms with E-state index in [-0.39, 0.29) is 12.2 Å². The molecule has 1 heterocycles. The average Bonchev–Trinajstić information content (AvgIpc) is 2.37. The van der Waals surface area contributed by atoms with Gasteiger partial charge in [0.25, 0.3) is 6.43 Å². The van der Waals surface area contributed by atoms with E-state index < -0.39 is 48.5 Å². The molecule has 9 heteroatoms. The van der Waals surface area contributed by atoms with E-state index in [0.717, 1.165) is 6.07 Å². The van der Waals surface area contributed by atoms with Crippen LogP contribution in [0.1, 0.15) is 35.9 Å². The molecular weight excluding hydrogens is 299 g/mol. The lowest BCUT2D eigenvalue weighted by Gasteiger charge is -2.16. The molecule has 0 aliphatic rings. The Bertz CT molecular complexity index is 517. The zero-order valence-electron chi connectivity index (χ0n) is 11.0. The molecule has 21 heavy (non-hydrogen) atoms. The van der Waals surface area contributed by atoms with Gasteiger partial charge in [-0.2, -0.15) is 13.2 Å². The van der Waals surface area contributed by atoms with Gasteiger partial charge in [0.2, 0.25) is 0 Å². The molecule has 118 valence electrons. The fourth-order valence-corrected chi connectivity index (χ4v) is 1.73. The molecule has 0 radical (unpaired) electrons. The van der Waals surface area contributed by atoms with E-state index in [1.165, 1.54) is 6.92 Å². The fourth-order valence-electron chi connectivity index (χ4n) is 1.73. The van der Waals surface area contributed by atoms with Crippen molar-refractivity contribution in [2.45, 2.75) is 32.5 Å². The number of nitrogens with zero attached hydrogens (tertiary/aromatic N) is 1. The highest BCUT2D eigenvalue weighted by molar-refractivity contribution is 5.73. The van der Waals surface area contributed by atoms with Crippen molar-refractivity contribution < 1.29 is 31.5 Å². The van der Waals surface area contributed by atoms with Gasteiger partial charge in [-0.15, -0.1) is 0 Å². The molecule has 0 unspecified atom stereocenters. The predicted molar refractivity (Wildman–Crippen MR) is 62.4 cm³/mol. The third kappa shape index (κ3) is 4.35. The molecule has 1 aromatic heterocycles. The summed E-state index contributed by atoms with van der Waals surface area (Å²) in [5.41, 5.74) is 1.98. The summed E-state index contributed by atoms with van der Waals surface area (Å²) in [6, 6.07) is 0.772. The van der Waals surface area contributed by atoms with Crippen LogP contribution < -0.4 is 5.73 Å². The van der Waals surface area contributed by atoms with E-state index in [9.17, 15) is 26.7 Å². The van der Waals surface area contributed by atoms with Crippen LogP contribution >= 0.6 is 0 Å². The van der Waals surface area contributed by atoms with Gasteiger partial charge in [-0.1, -0.05) is 0 Å². The third-order valence-corrected chi connectivity index (χ3v) is 2.57. The molecular formula is C12H13F5N2O2. The first kappa shape index (κ1) is 17.3. The summed E-state index contributed by atoms with van der Waals surface area (Å²) in [6.45, 7) is 1.05. The maximum atomic E-state index is 12.9. The van der Waals surface area contributed by atoms with Gasteiger partial charge in [0.1, 0.15) is 11.4 Å². The van der Waals surface area contributed by atoms with Crippen LogP contribution in [0.3, 0.4) is 0 Å². The molecule has 0 amide bonds. The minimum Gasteiger partial charge on any atom is -0.466 e. The van der Waals surface area contributed by atoms with Gasteiger partial charge in [0.15, 0.2) is 0 Å². The minimum atomic E-state index is -4.98. The van der Waals surface area contributed by atoms with Crippen LogP contribution in [0, 0.1) is 0 Å². The average molecular weight is 312 g/mol. The number of ether oxygens (including phenoxy) is 1. The van der Waals surface area contributed by atoms with Crippen molar-refractivity contribution in [3.8, 4) is 0 Å². The summed E-state index contributed by atoms with van der Waals surface area (Å²) in [7, 11) is 0. The molecule has 4 nitrogen and oxygen atoms in total. The second-order valence-corrected chi connectivity index (χ2v) is 4.02. The van der Waals surface area contributed by atoms with Gasteiger partial charge in [-0.25, -0.2) is 13.8 Å². The number of alkyl halides is 5. The normalized spacial score (nSPS) is 11.8. The van der Waals surface area contributed by atoms with E-state index >= 15 is 0 Å². The van der Waals surface area contributed by atoms with E-state index in [2.05, 4.69) is 9.72 Å². The van der Waals surface area contributed by atoms with Crippen LogP contribution in [0.5, 0.6) is 0 Å². The first-order valence-corrected chi connectivity index (χ1v) is 5.94. The number of aromatic nitrogens is 1. The Kier molecular flexibility index (Phi) is 5.59. The standard InChI is InChI=1S/C12H13F5N2O2/c1-2-21-9(20)4-7-6(5-18)3-8(11(13)14)19-10(7)12(15,16)17/h3,11H,2,4-5,18H2,1H3. The van der Waals surface area contributed by atoms with Crippen LogP contribution in [0.4, 0.5) is 22.0 Å². The Morgan fingerprint density at radius 1 is 1.43 bits per heavy atom. The van der Waals surface area contributed by atoms with Gasteiger partial charge in [0.05, 0.1) is 13.0 Å². The van der Waals surface area contributed by atoms with Crippen molar-refractivity contribution in [1.82, 2.24) is 4.98 Å². The van der Waals surface area contributed by atoms with Crippen LogP contribution in [0.25, 0.3) is 0 Å². The van der Waals surface area contributed by atoms with Crippen LogP contribution in [-0.4, -0.2) is 17.6 Å². The zero-order valence-corrected chi connectivity index (χ0v) is 11.0. The summed E-state index contributed by atoms with van der Waals surface area (Å²) >= 11 is 0. The molecule has 1 rings (SSSR count). The highest BCUT2D eigenvalue weighted by atomic mass is 19.4. The van der Waals surface area contributed by atoms with Gasteiger partial charge in [-0.3, -0.25) is 4.79 Å². The number of hydrogen-bond acceptors (Lipinski definition) is 4. The lowest BCUT2D eigenvalue weighted by Crippen LogP contribution is -2.20. The summed E-state index contributed by atoms with van der Waals surface area (Å²) in [6.07, 6.45) is -8.88. The Morgan fingerprint density at radius 2 is 2.05 bits per heavy atom. The minimum absolute atomic E-state index is 0.0132. The number of esters is 1. The quantitative estimate of drug-likeness (QED) is 0.670. The number of carbonyl (C=O) groups excluding carboxylic acids is 1. The van der Waals surface area contributed by atoms with Crippen molar-refractivity contribution in [2.75, 3.05) is 6.61 Å². The molecule has 1 aromatic rings.